The number of rotatable bonds is 6. The zero-order valence-electron chi connectivity index (χ0n) is 16.2. The highest BCUT2D eigenvalue weighted by molar-refractivity contribution is 5.71. The Balaban J connectivity index is 1.66. The van der Waals surface area contributed by atoms with E-state index in [0.29, 0.717) is 36.1 Å². The zero-order chi connectivity index (χ0) is 19.5. The topological polar surface area (TPSA) is 75.6 Å². The monoisotopic (exact) mass is 383 g/mol. The van der Waals surface area contributed by atoms with Crippen LogP contribution in [-0.4, -0.2) is 19.5 Å². The van der Waals surface area contributed by atoms with Crippen molar-refractivity contribution in [3.05, 3.63) is 51.8 Å². The molecule has 0 atom stereocenters. The van der Waals surface area contributed by atoms with Crippen LogP contribution in [0.3, 0.4) is 0 Å². The maximum Gasteiger partial charge on any atom is 0.280 e. The number of hydrogen-bond donors (Lipinski definition) is 2. The van der Waals surface area contributed by atoms with E-state index in [9.17, 15) is 9.18 Å². The quantitative estimate of drug-likeness (QED) is 0.664. The number of H-pyrrole nitrogens is 1. The number of hydrogen-bond acceptors (Lipinski definition) is 4. The van der Waals surface area contributed by atoms with Gasteiger partial charge < -0.3 is 10.3 Å². The first-order valence-electron chi connectivity index (χ1n) is 10.1. The molecule has 0 radical (unpaired) electrons. The van der Waals surface area contributed by atoms with Gasteiger partial charge >= 0.3 is 0 Å². The normalized spacial score (nSPS) is 15.2. The van der Waals surface area contributed by atoms with Crippen molar-refractivity contribution in [2.75, 3.05) is 5.32 Å². The third-order valence-corrected chi connectivity index (χ3v) is 5.43. The number of halogens is 1. The van der Waals surface area contributed by atoms with Gasteiger partial charge in [0.15, 0.2) is 11.2 Å². The molecule has 1 saturated carbocycles. The molecule has 0 spiro atoms. The summed E-state index contributed by atoms with van der Waals surface area (Å²) in [6, 6.07) is 6.30. The van der Waals surface area contributed by atoms with Crippen LogP contribution >= 0.6 is 0 Å². The number of imidazole rings is 1. The van der Waals surface area contributed by atoms with Gasteiger partial charge in [0, 0.05) is 19.0 Å². The van der Waals surface area contributed by atoms with Crippen molar-refractivity contribution >= 4 is 17.1 Å². The molecule has 1 fully saturated rings. The number of nitrogens with one attached hydrogen (secondary N) is 2. The zero-order valence-corrected chi connectivity index (χ0v) is 16.2. The van der Waals surface area contributed by atoms with Gasteiger partial charge in [-0.05, 0) is 37.0 Å². The highest BCUT2D eigenvalue weighted by Crippen LogP contribution is 2.31. The third-order valence-electron chi connectivity index (χ3n) is 5.43. The molecule has 28 heavy (non-hydrogen) atoms. The molecule has 0 unspecified atom stereocenters. The van der Waals surface area contributed by atoms with E-state index in [-0.39, 0.29) is 11.4 Å². The van der Waals surface area contributed by atoms with Crippen LogP contribution in [0.15, 0.2) is 29.1 Å². The maximum absolute atomic E-state index is 13.1. The minimum atomic E-state index is -0.266. The van der Waals surface area contributed by atoms with Crippen molar-refractivity contribution in [1.82, 2.24) is 19.5 Å². The summed E-state index contributed by atoms with van der Waals surface area (Å²) in [5.74, 6) is 1.51. The molecular formula is C21H26FN5O. The number of fused-ring (bicyclic) bond motifs is 1. The van der Waals surface area contributed by atoms with Crippen molar-refractivity contribution in [2.45, 2.75) is 64.5 Å². The van der Waals surface area contributed by atoms with Gasteiger partial charge in [0.2, 0.25) is 5.95 Å². The standard InChI is InChI=1S/C21H26FN5O/c1-2-12-27-20(28)17-19(25-18(24-17)15-6-4-3-5-7-15)26-21(27)23-13-14-8-10-16(22)11-9-14/h8-11,15H,2-7,12-13H2,1H3,(H,23,26)(H,24,25). The fourth-order valence-corrected chi connectivity index (χ4v) is 3.92. The van der Waals surface area contributed by atoms with E-state index in [2.05, 4.69) is 20.3 Å². The summed E-state index contributed by atoms with van der Waals surface area (Å²) in [4.78, 5) is 25.6. The van der Waals surface area contributed by atoms with E-state index in [1.165, 1.54) is 31.4 Å². The molecule has 0 bridgehead atoms. The summed E-state index contributed by atoms with van der Waals surface area (Å²) in [5, 5.41) is 3.23. The maximum atomic E-state index is 13.1. The Morgan fingerprint density at radius 1 is 1.18 bits per heavy atom. The van der Waals surface area contributed by atoms with E-state index in [4.69, 9.17) is 0 Å². The Bertz CT molecular complexity index is 1000. The van der Waals surface area contributed by atoms with Gasteiger partial charge in [0.25, 0.3) is 5.56 Å². The third kappa shape index (κ3) is 3.79. The van der Waals surface area contributed by atoms with Crippen LogP contribution < -0.4 is 10.9 Å². The van der Waals surface area contributed by atoms with Crippen molar-refractivity contribution in [2.24, 2.45) is 0 Å². The molecular weight excluding hydrogens is 357 g/mol. The fourth-order valence-electron chi connectivity index (χ4n) is 3.92. The van der Waals surface area contributed by atoms with E-state index in [1.807, 2.05) is 6.92 Å². The average Bonchev–Trinajstić information content (AvgIpc) is 3.15. The first kappa shape index (κ1) is 18.7. The number of anilines is 1. The van der Waals surface area contributed by atoms with Crippen molar-refractivity contribution in [3.8, 4) is 0 Å². The van der Waals surface area contributed by atoms with E-state index in [1.54, 1.807) is 16.7 Å². The molecule has 0 aliphatic heterocycles. The molecule has 0 saturated heterocycles. The molecule has 3 aromatic rings. The van der Waals surface area contributed by atoms with Gasteiger partial charge in [-0.1, -0.05) is 38.3 Å². The second-order valence-electron chi connectivity index (χ2n) is 7.53. The van der Waals surface area contributed by atoms with E-state index in [0.717, 1.165) is 30.7 Å². The molecule has 6 nitrogen and oxygen atoms in total. The summed E-state index contributed by atoms with van der Waals surface area (Å²) in [7, 11) is 0. The van der Waals surface area contributed by atoms with E-state index >= 15 is 0 Å². The first-order chi connectivity index (χ1) is 13.7. The van der Waals surface area contributed by atoms with Crippen molar-refractivity contribution in [3.63, 3.8) is 0 Å². The number of aromatic nitrogens is 4. The average molecular weight is 383 g/mol. The van der Waals surface area contributed by atoms with Gasteiger partial charge in [-0.25, -0.2) is 9.37 Å². The van der Waals surface area contributed by atoms with Gasteiger partial charge in [-0.2, -0.15) is 4.98 Å². The molecule has 4 rings (SSSR count). The summed E-state index contributed by atoms with van der Waals surface area (Å²) in [6.45, 7) is 3.06. The van der Waals surface area contributed by atoms with Crippen molar-refractivity contribution < 1.29 is 4.39 Å². The molecule has 1 aromatic carbocycles. The number of benzene rings is 1. The minimum Gasteiger partial charge on any atom is -0.351 e. The van der Waals surface area contributed by atoms with Gasteiger partial charge in [-0.15, -0.1) is 0 Å². The molecule has 2 N–H and O–H groups in total. The van der Waals surface area contributed by atoms with Gasteiger partial charge in [-0.3, -0.25) is 9.36 Å². The molecule has 148 valence electrons. The molecule has 1 aliphatic rings. The lowest BCUT2D eigenvalue weighted by Crippen LogP contribution is -2.25. The molecule has 0 amide bonds. The highest BCUT2D eigenvalue weighted by Gasteiger charge is 2.21. The Kier molecular flexibility index (Phi) is 5.41. The number of nitrogens with zero attached hydrogens (tertiary/aromatic N) is 3. The van der Waals surface area contributed by atoms with Crippen LogP contribution in [0, 0.1) is 5.82 Å². The molecule has 7 heteroatoms. The van der Waals surface area contributed by atoms with Crippen LogP contribution in [0.4, 0.5) is 10.3 Å². The Morgan fingerprint density at radius 2 is 1.93 bits per heavy atom. The minimum absolute atomic E-state index is 0.0944. The van der Waals surface area contributed by atoms with Crippen molar-refractivity contribution in [1.29, 1.82) is 0 Å². The molecule has 1 aliphatic carbocycles. The van der Waals surface area contributed by atoms with Crippen LogP contribution in [0.1, 0.15) is 62.8 Å². The van der Waals surface area contributed by atoms with Gasteiger partial charge in [0.05, 0.1) is 0 Å². The van der Waals surface area contributed by atoms with Crippen LogP contribution in [0.5, 0.6) is 0 Å². The lowest BCUT2D eigenvalue weighted by atomic mass is 9.89. The summed E-state index contributed by atoms with van der Waals surface area (Å²) in [5.41, 5.74) is 1.78. The largest absolute Gasteiger partial charge is 0.351 e. The fraction of sp³-hybridized carbons (Fsp3) is 0.476. The summed E-state index contributed by atoms with van der Waals surface area (Å²) < 4.78 is 14.8. The van der Waals surface area contributed by atoms with E-state index < -0.39 is 0 Å². The Morgan fingerprint density at radius 3 is 2.64 bits per heavy atom. The second kappa shape index (κ2) is 8.12. The lowest BCUT2D eigenvalue weighted by molar-refractivity contribution is 0.431. The Labute approximate surface area is 163 Å². The Hall–Kier alpha value is -2.70. The second-order valence-corrected chi connectivity index (χ2v) is 7.53. The smallest absolute Gasteiger partial charge is 0.280 e. The highest BCUT2D eigenvalue weighted by atomic mass is 19.1. The number of aromatic amines is 1. The summed E-state index contributed by atoms with van der Waals surface area (Å²) >= 11 is 0. The molecule has 2 aromatic heterocycles. The summed E-state index contributed by atoms with van der Waals surface area (Å²) in [6.07, 6.45) is 6.73. The molecule has 2 heterocycles. The van der Waals surface area contributed by atoms with Gasteiger partial charge in [0.1, 0.15) is 11.6 Å². The predicted octanol–water partition coefficient (Wildman–Crippen LogP) is 4.33. The SMILES string of the molecule is CCCn1c(NCc2ccc(F)cc2)nc2nc(C3CCCCC3)[nH]c2c1=O. The van der Waals surface area contributed by atoms with Crippen LogP contribution in [-0.2, 0) is 13.1 Å². The van der Waals surface area contributed by atoms with Crippen LogP contribution in [0.2, 0.25) is 0 Å². The predicted molar refractivity (Wildman–Crippen MR) is 108 cm³/mol. The lowest BCUT2D eigenvalue weighted by Gasteiger charge is -2.18. The first-order valence-corrected chi connectivity index (χ1v) is 10.1. The van der Waals surface area contributed by atoms with Crippen LogP contribution in [0.25, 0.3) is 11.2 Å².